The Morgan fingerprint density at radius 1 is 1.10 bits per heavy atom. The molecule has 6 nitrogen and oxygen atoms in total. The van der Waals surface area contributed by atoms with Crippen molar-refractivity contribution in [2.75, 3.05) is 17.8 Å². The average Bonchev–Trinajstić information content (AvgIpc) is 3.17. The average molecular weight is 270 g/mol. The first kappa shape index (κ1) is 11.3. The Morgan fingerprint density at radius 2 is 1.95 bits per heavy atom. The predicted octanol–water partition coefficient (Wildman–Crippen LogP) is 2.41. The maximum Gasteiger partial charge on any atom is 0.231 e. The highest BCUT2D eigenvalue weighted by molar-refractivity contribution is 5.63. The molecule has 0 bridgehead atoms. The summed E-state index contributed by atoms with van der Waals surface area (Å²) in [6.07, 6.45) is 2.29. The first-order chi connectivity index (χ1) is 9.78. The fraction of sp³-hybridized carbons (Fsp3) is 0.286. The van der Waals surface area contributed by atoms with Gasteiger partial charge in [-0.05, 0) is 25.0 Å². The van der Waals surface area contributed by atoms with Gasteiger partial charge in [0.25, 0.3) is 0 Å². The number of hydrogen-bond acceptors (Lipinski definition) is 6. The fourth-order valence-corrected chi connectivity index (χ4v) is 2.20. The van der Waals surface area contributed by atoms with E-state index in [9.17, 15) is 0 Å². The summed E-state index contributed by atoms with van der Waals surface area (Å²) in [4.78, 5) is 8.79. The number of nitrogens with zero attached hydrogens (tertiary/aromatic N) is 2. The number of fused-ring (bicyclic) bond motifs is 1. The smallest absolute Gasteiger partial charge is 0.231 e. The lowest BCUT2D eigenvalue weighted by atomic mass is 10.2. The predicted molar refractivity (Wildman–Crippen MR) is 74.3 cm³/mol. The van der Waals surface area contributed by atoms with Gasteiger partial charge in [-0.3, -0.25) is 0 Å². The molecule has 0 saturated heterocycles. The highest BCUT2D eigenvalue weighted by Gasteiger charge is 2.27. The summed E-state index contributed by atoms with van der Waals surface area (Å²) in [6, 6.07) is 7.41. The Hall–Kier alpha value is -2.50. The molecular weight excluding hydrogens is 256 g/mol. The van der Waals surface area contributed by atoms with Gasteiger partial charge in [0.2, 0.25) is 6.79 Å². The number of rotatable bonds is 3. The van der Waals surface area contributed by atoms with Gasteiger partial charge in [0.1, 0.15) is 17.5 Å². The minimum atomic E-state index is 0.269. The molecule has 0 atom stereocenters. The van der Waals surface area contributed by atoms with Crippen molar-refractivity contribution < 1.29 is 9.47 Å². The van der Waals surface area contributed by atoms with Crippen molar-refractivity contribution >= 4 is 17.3 Å². The van der Waals surface area contributed by atoms with Gasteiger partial charge in [0.15, 0.2) is 11.5 Å². The Morgan fingerprint density at radius 3 is 2.80 bits per heavy atom. The molecule has 20 heavy (non-hydrogen) atoms. The van der Waals surface area contributed by atoms with Gasteiger partial charge in [0.05, 0.1) is 0 Å². The zero-order chi connectivity index (χ0) is 13.5. The van der Waals surface area contributed by atoms with Crippen LogP contribution in [0.1, 0.15) is 24.6 Å². The first-order valence-corrected chi connectivity index (χ1v) is 6.59. The van der Waals surface area contributed by atoms with Crippen LogP contribution in [0.2, 0.25) is 0 Å². The van der Waals surface area contributed by atoms with E-state index >= 15 is 0 Å². The summed E-state index contributed by atoms with van der Waals surface area (Å²) in [6.45, 7) is 0.269. The molecule has 1 saturated carbocycles. The third-order valence-electron chi connectivity index (χ3n) is 3.35. The van der Waals surface area contributed by atoms with Crippen LogP contribution in [0, 0.1) is 0 Å². The Labute approximate surface area is 115 Å². The number of nitrogens with two attached hydrogens (primary N) is 1. The normalized spacial score (nSPS) is 16.2. The van der Waals surface area contributed by atoms with Crippen LogP contribution in [0.15, 0.2) is 24.3 Å². The number of ether oxygens (including phenoxy) is 2. The molecule has 3 N–H and O–H groups in total. The van der Waals surface area contributed by atoms with E-state index in [2.05, 4.69) is 15.3 Å². The molecule has 2 heterocycles. The minimum Gasteiger partial charge on any atom is -0.454 e. The van der Waals surface area contributed by atoms with Crippen molar-refractivity contribution in [3.05, 3.63) is 30.1 Å². The van der Waals surface area contributed by atoms with Crippen LogP contribution in [-0.2, 0) is 0 Å². The highest BCUT2D eigenvalue weighted by Crippen LogP contribution is 2.39. The molecule has 6 heteroatoms. The molecule has 0 spiro atoms. The second kappa shape index (κ2) is 4.26. The lowest BCUT2D eigenvalue weighted by molar-refractivity contribution is 0.174. The number of nitrogens with one attached hydrogen (secondary N) is 1. The monoisotopic (exact) mass is 270 g/mol. The van der Waals surface area contributed by atoms with Crippen LogP contribution in [0.5, 0.6) is 11.5 Å². The first-order valence-electron chi connectivity index (χ1n) is 6.59. The molecule has 1 aliphatic heterocycles. The Bertz CT molecular complexity index is 670. The Balaban J connectivity index is 1.62. The third kappa shape index (κ3) is 2.09. The maximum absolute atomic E-state index is 5.83. The van der Waals surface area contributed by atoms with Crippen LogP contribution >= 0.6 is 0 Å². The zero-order valence-corrected chi connectivity index (χ0v) is 10.8. The SMILES string of the molecule is Nc1cc(Nc2ccc3c(c2)OCO3)nc(C2CC2)n1. The van der Waals surface area contributed by atoms with Crippen LogP contribution in [0.25, 0.3) is 0 Å². The van der Waals surface area contributed by atoms with Gasteiger partial charge in [-0.15, -0.1) is 0 Å². The van der Waals surface area contributed by atoms with Crippen molar-refractivity contribution in [1.82, 2.24) is 9.97 Å². The second-order valence-electron chi connectivity index (χ2n) is 5.00. The van der Waals surface area contributed by atoms with E-state index in [0.29, 0.717) is 17.6 Å². The molecule has 1 fully saturated rings. The molecule has 4 rings (SSSR count). The van der Waals surface area contributed by atoms with Gasteiger partial charge < -0.3 is 20.5 Å². The van der Waals surface area contributed by atoms with E-state index in [1.165, 1.54) is 0 Å². The van der Waals surface area contributed by atoms with Crippen molar-refractivity contribution in [2.24, 2.45) is 0 Å². The second-order valence-corrected chi connectivity index (χ2v) is 5.00. The summed E-state index contributed by atoms with van der Waals surface area (Å²) >= 11 is 0. The van der Waals surface area contributed by atoms with Crippen LogP contribution in [0.3, 0.4) is 0 Å². The van der Waals surface area contributed by atoms with Crippen LogP contribution in [-0.4, -0.2) is 16.8 Å². The van der Waals surface area contributed by atoms with Crippen LogP contribution < -0.4 is 20.5 Å². The fourth-order valence-electron chi connectivity index (χ4n) is 2.20. The van der Waals surface area contributed by atoms with E-state index < -0.39 is 0 Å². The number of aromatic nitrogens is 2. The van der Waals surface area contributed by atoms with Gasteiger partial charge in [-0.25, -0.2) is 9.97 Å². The maximum atomic E-state index is 5.83. The van der Waals surface area contributed by atoms with Crippen molar-refractivity contribution in [3.63, 3.8) is 0 Å². The number of hydrogen-bond donors (Lipinski definition) is 2. The summed E-state index contributed by atoms with van der Waals surface area (Å²) in [5.74, 6) is 3.99. The molecule has 0 unspecified atom stereocenters. The summed E-state index contributed by atoms with van der Waals surface area (Å²) < 4.78 is 10.6. The van der Waals surface area contributed by atoms with Crippen molar-refractivity contribution in [1.29, 1.82) is 0 Å². The lowest BCUT2D eigenvalue weighted by Gasteiger charge is -2.08. The van der Waals surface area contributed by atoms with E-state index in [1.807, 2.05) is 18.2 Å². The molecule has 1 aromatic heterocycles. The Kier molecular flexibility index (Phi) is 2.42. The van der Waals surface area contributed by atoms with E-state index in [-0.39, 0.29) is 6.79 Å². The standard InChI is InChI=1S/C14H14N4O2/c15-12-6-13(18-14(17-12)8-1-2-8)16-9-3-4-10-11(5-9)20-7-19-10/h3-6,8H,1-2,7H2,(H3,15,16,17,18). The number of anilines is 3. The van der Waals surface area contributed by atoms with E-state index in [1.54, 1.807) is 6.07 Å². The molecule has 1 aliphatic carbocycles. The molecule has 0 amide bonds. The van der Waals surface area contributed by atoms with Gasteiger partial charge in [-0.1, -0.05) is 0 Å². The van der Waals surface area contributed by atoms with Gasteiger partial charge >= 0.3 is 0 Å². The van der Waals surface area contributed by atoms with E-state index in [0.717, 1.165) is 35.9 Å². The van der Waals surface area contributed by atoms with Crippen LogP contribution in [0.4, 0.5) is 17.3 Å². The molecule has 1 aromatic carbocycles. The molecule has 2 aromatic rings. The van der Waals surface area contributed by atoms with Gasteiger partial charge in [-0.2, -0.15) is 0 Å². The number of benzene rings is 1. The topological polar surface area (TPSA) is 82.3 Å². The minimum absolute atomic E-state index is 0.269. The van der Waals surface area contributed by atoms with Gasteiger partial charge in [0, 0.05) is 23.7 Å². The molecule has 2 aliphatic rings. The summed E-state index contributed by atoms with van der Waals surface area (Å²) in [5.41, 5.74) is 6.72. The lowest BCUT2D eigenvalue weighted by Crippen LogP contribution is -2.02. The third-order valence-corrected chi connectivity index (χ3v) is 3.35. The number of nitrogen functional groups attached to an aromatic ring is 1. The molecular formula is C14H14N4O2. The van der Waals surface area contributed by atoms with Crippen molar-refractivity contribution in [3.8, 4) is 11.5 Å². The molecule has 102 valence electrons. The zero-order valence-electron chi connectivity index (χ0n) is 10.8. The quantitative estimate of drug-likeness (QED) is 0.891. The van der Waals surface area contributed by atoms with Crippen molar-refractivity contribution in [2.45, 2.75) is 18.8 Å². The summed E-state index contributed by atoms with van der Waals surface area (Å²) in [7, 11) is 0. The highest BCUT2D eigenvalue weighted by atomic mass is 16.7. The largest absolute Gasteiger partial charge is 0.454 e. The summed E-state index contributed by atoms with van der Waals surface area (Å²) in [5, 5.41) is 3.23. The van der Waals surface area contributed by atoms with E-state index in [4.69, 9.17) is 15.2 Å². The molecule has 0 radical (unpaired) electrons.